The summed E-state index contributed by atoms with van der Waals surface area (Å²) in [6.07, 6.45) is 0.0433. The standard InChI is InChI=1S/C14H17BrN2O4/c1-3-20-14(19)8-10(2)16-17-13(18)9-21-12-6-4-11(15)5-7-12/h4-7H,3,8-9H2,1-2H3,(H,17,18). The van der Waals surface area contributed by atoms with Crippen molar-refractivity contribution in [3.05, 3.63) is 28.7 Å². The molecule has 0 unspecified atom stereocenters. The highest BCUT2D eigenvalue weighted by Crippen LogP contribution is 2.15. The van der Waals surface area contributed by atoms with Crippen molar-refractivity contribution in [2.45, 2.75) is 20.3 Å². The van der Waals surface area contributed by atoms with Crippen molar-refractivity contribution in [3.8, 4) is 5.75 Å². The van der Waals surface area contributed by atoms with Crippen LogP contribution in [0.2, 0.25) is 0 Å². The van der Waals surface area contributed by atoms with Gasteiger partial charge in [-0.25, -0.2) is 5.43 Å². The van der Waals surface area contributed by atoms with Crippen LogP contribution in [0.4, 0.5) is 0 Å². The average molecular weight is 357 g/mol. The minimum atomic E-state index is -0.402. The molecule has 0 atom stereocenters. The zero-order chi connectivity index (χ0) is 15.7. The molecule has 1 rings (SSSR count). The third-order valence-corrected chi connectivity index (χ3v) is 2.79. The number of nitrogens with one attached hydrogen (secondary N) is 1. The van der Waals surface area contributed by atoms with Gasteiger partial charge in [0, 0.05) is 10.2 Å². The Morgan fingerprint density at radius 2 is 1.95 bits per heavy atom. The van der Waals surface area contributed by atoms with Gasteiger partial charge in [0.1, 0.15) is 5.75 Å². The Balaban J connectivity index is 2.33. The van der Waals surface area contributed by atoms with Gasteiger partial charge in [-0.15, -0.1) is 0 Å². The Bertz CT molecular complexity index is 514. The van der Waals surface area contributed by atoms with E-state index in [4.69, 9.17) is 9.47 Å². The fourth-order valence-corrected chi connectivity index (χ4v) is 1.59. The van der Waals surface area contributed by atoms with Crippen LogP contribution < -0.4 is 10.2 Å². The molecule has 1 aromatic carbocycles. The number of benzene rings is 1. The molecule has 0 aliphatic heterocycles. The summed E-state index contributed by atoms with van der Waals surface area (Å²) in [6.45, 7) is 3.52. The second kappa shape index (κ2) is 9.12. The van der Waals surface area contributed by atoms with Crippen LogP contribution >= 0.6 is 15.9 Å². The van der Waals surface area contributed by atoms with Crippen LogP contribution in [0.3, 0.4) is 0 Å². The number of carbonyl (C=O) groups excluding carboxylic acids is 2. The van der Waals surface area contributed by atoms with Crippen LogP contribution in [0, 0.1) is 0 Å². The third kappa shape index (κ3) is 7.45. The van der Waals surface area contributed by atoms with Crippen molar-refractivity contribution in [2.75, 3.05) is 13.2 Å². The molecule has 7 heteroatoms. The predicted octanol–water partition coefficient (Wildman–Crippen LogP) is 2.27. The normalized spacial score (nSPS) is 10.9. The highest BCUT2D eigenvalue weighted by molar-refractivity contribution is 9.10. The van der Waals surface area contributed by atoms with Gasteiger partial charge in [-0.3, -0.25) is 9.59 Å². The number of hydrogen-bond donors (Lipinski definition) is 1. The van der Waals surface area contributed by atoms with E-state index < -0.39 is 5.91 Å². The first-order valence-corrected chi connectivity index (χ1v) is 7.16. The lowest BCUT2D eigenvalue weighted by Gasteiger charge is -2.05. The van der Waals surface area contributed by atoms with Crippen molar-refractivity contribution in [1.82, 2.24) is 5.43 Å². The topological polar surface area (TPSA) is 77.0 Å². The SMILES string of the molecule is CCOC(=O)CC(C)=NNC(=O)COc1ccc(Br)cc1. The molecule has 0 bridgehead atoms. The van der Waals surface area contributed by atoms with E-state index in [0.717, 1.165) is 4.47 Å². The van der Waals surface area contributed by atoms with E-state index in [2.05, 4.69) is 26.5 Å². The maximum Gasteiger partial charge on any atom is 0.311 e. The molecule has 1 amide bonds. The molecule has 21 heavy (non-hydrogen) atoms. The molecule has 0 saturated heterocycles. The summed E-state index contributed by atoms with van der Waals surface area (Å²) in [5.41, 5.74) is 2.78. The van der Waals surface area contributed by atoms with Gasteiger partial charge in [0.2, 0.25) is 0 Å². The third-order valence-electron chi connectivity index (χ3n) is 2.26. The molecular formula is C14H17BrN2O4. The number of nitrogens with zero attached hydrogens (tertiary/aromatic N) is 1. The first-order valence-electron chi connectivity index (χ1n) is 6.37. The number of carbonyl (C=O) groups is 2. The second-order valence-corrected chi connectivity index (χ2v) is 5.02. The van der Waals surface area contributed by atoms with Crippen LogP contribution in [-0.4, -0.2) is 30.8 Å². The largest absolute Gasteiger partial charge is 0.484 e. The van der Waals surface area contributed by atoms with E-state index in [0.29, 0.717) is 18.1 Å². The van der Waals surface area contributed by atoms with Gasteiger partial charge in [-0.05, 0) is 38.1 Å². The summed E-state index contributed by atoms with van der Waals surface area (Å²) >= 11 is 3.31. The van der Waals surface area contributed by atoms with Crippen molar-refractivity contribution in [1.29, 1.82) is 0 Å². The molecule has 0 saturated carbocycles. The maximum absolute atomic E-state index is 11.5. The number of hydrogen-bond acceptors (Lipinski definition) is 5. The minimum Gasteiger partial charge on any atom is -0.484 e. The Morgan fingerprint density at radius 3 is 2.57 bits per heavy atom. The van der Waals surface area contributed by atoms with E-state index in [1.54, 1.807) is 26.0 Å². The summed E-state index contributed by atoms with van der Waals surface area (Å²) in [5, 5.41) is 3.80. The van der Waals surface area contributed by atoms with Crippen molar-refractivity contribution in [2.24, 2.45) is 5.10 Å². The lowest BCUT2D eigenvalue weighted by atomic mass is 10.3. The Kier molecular flexibility index (Phi) is 7.45. The second-order valence-electron chi connectivity index (χ2n) is 4.11. The van der Waals surface area contributed by atoms with Gasteiger partial charge in [-0.1, -0.05) is 15.9 Å². The predicted molar refractivity (Wildman–Crippen MR) is 82.1 cm³/mol. The van der Waals surface area contributed by atoms with Crippen molar-refractivity contribution in [3.63, 3.8) is 0 Å². The molecular weight excluding hydrogens is 340 g/mol. The van der Waals surface area contributed by atoms with Crippen LogP contribution in [-0.2, 0) is 14.3 Å². The highest BCUT2D eigenvalue weighted by Gasteiger charge is 2.06. The smallest absolute Gasteiger partial charge is 0.311 e. The Labute approximate surface area is 131 Å². The molecule has 0 heterocycles. The Hall–Kier alpha value is -1.89. The zero-order valence-corrected chi connectivity index (χ0v) is 13.5. The number of halogens is 1. The summed E-state index contributed by atoms with van der Waals surface area (Å²) in [4.78, 5) is 22.7. The molecule has 1 aromatic rings. The monoisotopic (exact) mass is 356 g/mol. The van der Waals surface area contributed by atoms with E-state index >= 15 is 0 Å². The fourth-order valence-electron chi connectivity index (χ4n) is 1.33. The summed E-state index contributed by atoms with van der Waals surface area (Å²) in [5.74, 6) is -0.194. The number of ether oxygens (including phenoxy) is 2. The number of amides is 1. The van der Waals surface area contributed by atoms with Gasteiger partial charge in [-0.2, -0.15) is 5.10 Å². The number of hydrazone groups is 1. The first-order chi connectivity index (χ1) is 10.0. The van der Waals surface area contributed by atoms with Gasteiger partial charge in [0.15, 0.2) is 6.61 Å². The molecule has 114 valence electrons. The molecule has 0 radical (unpaired) electrons. The summed E-state index contributed by atoms with van der Waals surface area (Å²) in [7, 11) is 0. The quantitative estimate of drug-likeness (QED) is 0.461. The van der Waals surface area contributed by atoms with Crippen LogP contribution in [0.5, 0.6) is 5.75 Å². The zero-order valence-electron chi connectivity index (χ0n) is 11.9. The van der Waals surface area contributed by atoms with Crippen LogP contribution in [0.25, 0.3) is 0 Å². The minimum absolute atomic E-state index is 0.0433. The molecule has 0 aromatic heterocycles. The number of esters is 1. The molecule has 0 aliphatic carbocycles. The van der Waals surface area contributed by atoms with E-state index in [1.165, 1.54) is 0 Å². The van der Waals surface area contributed by atoms with Gasteiger partial charge in [0.25, 0.3) is 5.91 Å². The Morgan fingerprint density at radius 1 is 1.29 bits per heavy atom. The lowest BCUT2D eigenvalue weighted by Crippen LogP contribution is -2.26. The molecule has 0 spiro atoms. The summed E-state index contributed by atoms with van der Waals surface area (Å²) < 4.78 is 11.0. The van der Waals surface area contributed by atoms with Crippen molar-refractivity contribution >= 4 is 33.5 Å². The summed E-state index contributed by atoms with van der Waals surface area (Å²) in [6, 6.07) is 7.11. The molecule has 1 N–H and O–H groups in total. The molecule has 0 aliphatic rings. The van der Waals surface area contributed by atoms with Crippen LogP contribution in [0.1, 0.15) is 20.3 Å². The highest BCUT2D eigenvalue weighted by atomic mass is 79.9. The van der Waals surface area contributed by atoms with E-state index in [-0.39, 0.29) is 19.0 Å². The fraction of sp³-hybridized carbons (Fsp3) is 0.357. The molecule has 0 fully saturated rings. The maximum atomic E-state index is 11.5. The van der Waals surface area contributed by atoms with E-state index in [1.807, 2.05) is 12.1 Å². The van der Waals surface area contributed by atoms with Gasteiger partial charge < -0.3 is 9.47 Å². The van der Waals surface area contributed by atoms with Crippen molar-refractivity contribution < 1.29 is 19.1 Å². The lowest BCUT2D eigenvalue weighted by molar-refractivity contribution is -0.141. The number of rotatable bonds is 7. The van der Waals surface area contributed by atoms with Gasteiger partial charge in [0.05, 0.1) is 13.0 Å². The average Bonchev–Trinajstić information content (AvgIpc) is 2.44. The van der Waals surface area contributed by atoms with Gasteiger partial charge >= 0.3 is 5.97 Å². The first kappa shape index (κ1) is 17.2. The molecule has 6 nitrogen and oxygen atoms in total. The van der Waals surface area contributed by atoms with E-state index in [9.17, 15) is 9.59 Å². The van der Waals surface area contributed by atoms with Crippen LogP contribution in [0.15, 0.2) is 33.8 Å².